The Bertz CT molecular complexity index is 1410. The van der Waals surface area contributed by atoms with E-state index in [1.165, 1.54) is 29.4 Å². The van der Waals surface area contributed by atoms with Crippen LogP contribution in [0.2, 0.25) is 0 Å². The van der Waals surface area contributed by atoms with Gasteiger partial charge in [0.2, 0.25) is 0 Å². The van der Waals surface area contributed by atoms with Crippen molar-refractivity contribution in [1.29, 1.82) is 0 Å². The lowest BCUT2D eigenvalue weighted by molar-refractivity contribution is 0.0711. The lowest BCUT2D eigenvalue weighted by Gasteiger charge is -2.38. The topological polar surface area (TPSA) is 76.1 Å². The molecular formula is C34H41FN4O3. The summed E-state index contributed by atoms with van der Waals surface area (Å²) < 4.78 is 15.0. The Balaban J connectivity index is 1.20. The van der Waals surface area contributed by atoms with E-state index in [4.69, 9.17) is 0 Å². The van der Waals surface area contributed by atoms with E-state index in [0.29, 0.717) is 49.8 Å². The third-order valence-corrected chi connectivity index (χ3v) is 8.64. The summed E-state index contributed by atoms with van der Waals surface area (Å²) >= 11 is 0. The molecule has 2 N–H and O–H groups in total. The molecule has 3 aromatic rings. The molecule has 3 aromatic carbocycles. The van der Waals surface area contributed by atoms with Crippen LogP contribution in [-0.4, -0.2) is 77.6 Å². The van der Waals surface area contributed by atoms with Gasteiger partial charge in [0.1, 0.15) is 5.82 Å². The average molecular weight is 573 g/mol. The highest BCUT2D eigenvalue weighted by Gasteiger charge is 2.27. The molecule has 2 fully saturated rings. The first-order chi connectivity index (χ1) is 20.2. The second kappa shape index (κ2) is 13.5. The van der Waals surface area contributed by atoms with Gasteiger partial charge in [-0.1, -0.05) is 36.4 Å². The summed E-state index contributed by atoms with van der Waals surface area (Å²) in [4.78, 5) is 30.5. The maximum atomic E-state index is 15.0. The van der Waals surface area contributed by atoms with Gasteiger partial charge in [-0.15, -0.1) is 0 Å². The zero-order chi connectivity index (χ0) is 29.6. The van der Waals surface area contributed by atoms with Gasteiger partial charge in [-0.25, -0.2) is 9.18 Å². The zero-order valence-electron chi connectivity index (χ0n) is 24.6. The number of hydrogen-bond donors (Lipinski definition) is 2. The maximum Gasteiger partial charge on any atom is 0.407 e. The Kier molecular flexibility index (Phi) is 9.55. The summed E-state index contributed by atoms with van der Waals surface area (Å²) in [6, 6.07) is 20.6. The third-order valence-electron chi connectivity index (χ3n) is 8.64. The fraction of sp³-hybridized carbons (Fsp3) is 0.412. The second-order valence-corrected chi connectivity index (χ2v) is 11.9. The van der Waals surface area contributed by atoms with Gasteiger partial charge in [-0.2, -0.15) is 0 Å². The van der Waals surface area contributed by atoms with E-state index >= 15 is 0 Å². The average Bonchev–Trinajstić information content (AvgIpc) is 2.98. The lowest BCUT2D eigenvalue weighted by atomic mass is 9.90. The van der Waals surface area contributed by atoms with Gasteiger partial charge >= 0.3 is 6.09 Å². The Labute approximate surface area is 247 Å². The van der Waals surface area contributed by atoms with Crippen molar-refractivity contribution in [2.45, 2.75) is 45.3 Å². The second-order valence-electron chi connectivity index (χ2n) is 11.9. The Morgan fingerprint density at radius 2 is 1.69 bits per heavy atom. The van der Waals surface area contributed by atoms with Crippen LogP contribution in [0.15, 0.2) is 66.7 Å². The van der Waals surface area contributed by atoms with Crippen molar-refractivity contribution < 1.29 is 19.1 Å². The summed E-state index contributed by atoms with van der Waals surface area (Å²) in [5.74, 6) is 0.208. The molecule has 0 radical (unpaired) electrons. The van der Waals surface area contributed by atoms with E-state index in [2.05, 4.69) is 28.2 Å². The lowest BCUT2D eigenvalue weighted by Crippen LogP contribution is -2.53. The smallest absolute Gasteiger partial charge is 0.407 e. The van der Waals surface area contributed by atoms with Gasteiger partial charge in [-0.3, -0.25) is 9.69 Å². The number of likely N-dealkylation sites (tertiary alicyclic amines) is 1. The SMILES string of the molecule is C[C@H]1CN(Cc2cccc(-c3cc(CNC(=O)c4cccc(CC5CCN(C)CC5)c4)ccc3F)c2)CCN1C(=O)O. The summed E-state index contributed by atoms with van der Waals surface area (Å²) in [6.07, 6.45) is 2.48. The first-order valence-corrected chi connectivity index (χ1v) is 14.9. The van der Waals surface area contributed by atoms with E-state index in [1.54, 1.807) is 12.1 Å². The molecule has 2 aliphatic rings. The molecule has 1 atom stereocenters. The summed E-state index contributed by atoms with van der Waals surface area (Å²) in [5.41, 5.74) is 4.98. The molecule has 0 aliphatic carbocycles. The number of halogens is 1. The van der Waals surface area contributed by atoms with Crippen molar-refractivity contribution in [3.8, 4) is 11.1 Å². The molecule has 2 aliphatic heterocycles. The molecule has 5 rings (SSSR count). The fourth-order valence-corrected chi connectivity index (χ4v) is 6.18. The quantitative estimate of drug-likeness (QED) is 0.373. The minimum Gasteiger partial charge on any atom is -0.465 e. The molecule has 0 saturated carbocycles. The molecule has 8 heteroatoms. The molecule has 0 aromatic heterocycles. The minimum atomic E-state index is -0.882. The van der Waals surface area contributed by atoms with E-state index < -0.39 is 6.09 Å². The van der Waals surface area contributed by atoms with Gasteiger partial charge in [0.15, 0.2) is 0 Å². The molecular weight excluding hydrogens is 531 g/mol. The predicted molar refractivity (Wildman–Crippen MR) is 163 cm³/mol. The number of hydrogen-bond acceptors (Lipinski definition) is 4. The van der Waals surface area contributed by atoms with Crippen LogP contribution in [0.4, 0.5) is 9.18 Å². The number of carboxylic acid groups (broad SMARTS) is 1. The number of piperazine rings is 1. The Morgan fingerprint density at radius 1 is 0.929 bits per heavy atom. The molecule has 2 saturated heterocycles. The van der Waals surface area contributed by atoms with Gasteiger partial charge < -0.3 is 20.2 Å². The highest BCUT2D eigenvalue weighted by Crippen LogP contribution is 2.26. The van der Waals surface area contributed by atoms with Crippen LogP contribution in [0.25, 0.3) is 11.1 Å². The third kappa shape index (κ3) is 7.55. The van der Waals surface area contributed by atoms with E-state index in [1.807, 2.05) is 49.4 Å². The number of piperidine rings is 1. The molecule has 2 amide bonds. The Morgan fingerprint density at radius 3 is 2.45 bits per heavy atom. The van der Waals surface area contributed by atoms with Crippen molar-refractivity contribution in [2.75, 3.05) is 39.8 Å². The van der Waals surface area contributed by atoms with E-state index in [0.717, 1.165) is 36.2 Å². The van der Waals surface area contributed by atoms with Crippen LogP contribution in [0.5, 0.6) is 0 Å². The fourth-order valence-electron chi connectivity index (χ4n) is 6.18. The van der Waals surface area contributed by atoms with Crippen molar-refractivity contribution in [1.82, 2.24) is 20.0 Å². The monoisotopic (exact) mass is 572 g/mol. The first kappa shape index (κ1) is 29.7. The highest BCUT2D eigenvalue weighted by molar-refractivity contribution is 5.94. The van der Waals surface area contributed by atoms with Gasteiger partial charge in [0.05, 0.1) is 0 Å². The van der Waals surface area contributed by atoms with Crippen molar-refractivity contribution in [3.63, 3.8) is 0 Å². The van der Waals surface area contributed by atoms with Crippen LogP contribution < -0.4 is 5.32 Å². The first-order valence-electron chi connectivity index (χ1n) is 14.9. The van der Waals surface area contributed by atoms with Crippen molar-refractivity contribution >= 4 is 12.0 Å². The number of amides is 2. The molecule has 0 spiro atoms. The summed E-state index contributed by atoms with van der Waals surface area (Å²) in [7, 11) is 2.17. The maximum absolute atomic E-state index is 15.0. The van der Waals surface area contributed by atoms with Crippen molar-refractivity contribution in [3.05, 3.63) is 94.8 Å². The number of benzene rings is 3. The molecule has 7 nitrogen and oxygen atoms in total. The van der Waals surface area contributed by atoms with Crippen LogP contribution in [0.1, 0.15) is 46.8 Å². The minimum absolute atomic E-state index is 0.0783. The van der Waals surface area contributed by atoms with E-state index in [-0.39, 0.29) is 17.8 Å². The van der Waals surface area contributed by atoms with Crippen molar-refractivity contribution in [2.24, 2.45) is 5.92 Å². The number of nitrogens with one attached hydrogen (secondary N) is 1. The number of carbonyl (C=O) groups is 2. The number of nitrogens with zero attached hydrogens (tertiary/aromatic N) is 3. The Hall–Kier alpha value is -3.75. The summed E-state index contributed by atoms with van der Waals surface area (Å²) in [5, 5.41) is 12.4. The molecule has 2 heterocycles. The van der Waals surface area contributed by atoms with Gasteiger partial charge in [0.25, 0.3) is 5.91 Å². The van der Waals surface area contributed by atoms with Gasteiger partial charge in [-0.05, 0) is 105 Å². The van der Waals surface area contributed by atoms with Crippen LogP contribution in [0.3, 0.4) is 0 Å². The molecule has 0 bridgehead atoms. The predicted octanol–water partition coefficient (Wildman–Crippen LogP) is 5.49. The largest absolute Gasteiger partial charge is 0.465 e. The molecule has 42 heavy (non-hydrogen) atoms. The van der Waals surface area contributed by atoms with Crippen LogP contribution in [-0.2, 0) is 19.5 Å². The molecule has 0 unspecified atom stereocenters. The normalized spacial score (nSPS) is 18.6. The molecule has 222 valence electrons. The summed E-state index contributed by atoms with van der Waals surface area (Å²) in [6.45, 7) is 6.92. The highest BCUT2D eigenvalue weighted by atomic mass is 19.1. The zero-order valence-corrected chi connectivity index (χ0v) is 24.6. The number of carbonyl (C=O) groups excluding carboxylic acids is 1. The van der Waals surface area contributed by atoms with E-state index in [9.17, 15) is 19.1 Å². The number of rotatable bonds is 8. The van der Waals surface area contributed by atoms with Crippen LogP contribution >= 0.6 is 0 Å². The standard InChI is InChI=1S/C34H41FN4O3/c1-24-22-38(15-16-39(24)34(41)42)23-28-6-4-7-29(19-28)31-20-27(9-10-32(31)35)21-36-33(40)30-8-3-5-26(18-30)17-25-11-13-37(2)14-12-25/h3-10,18-20,24-25H,11-17,21-23H2,1-2H3,(H,36,40)(H,41,42)/t24-/m0/s1. The van der Waals surface area contributed by atoms with Crippen LogP contribution in [0, 0.1) is 11.7 Å². The van der Waals surface area contributed by atoms with Gasteiger partial charge in [0, 0.05) is 49.9 Å².